The van der Waals surface area contributed by atoms with Crippen molar-refractivity contribution in [2.75, 3.05) is 4.90 Å². The van der Waals surface area contributed by atoms with Gasteiger partial charge >= 0.3 is 0 Å². The number of fused-ring (bicyclic) bond motifs is 14. The van der Waals surface area contributed by atoms with Crippen LogP contribution in [0.4, 0.5) is 17.1 Å². The summed E-state index contributed by atoms with van der Waals surface area (Å²) in [5.74, 6) is 0. The Morgan fingerprint density at radius 1 is 0.313 bits per heavy atom. The van der Waals surface area contributed by atoms with Crippen LogP contribution in [-0.4, -0.2) is 0 Å². The van der Waals surface area contributed by atoms with Gasteiger partial charge in [0.05, 0.1) is 10.4 Å². The fourth-order valence-corrected chi connectivity index (χ4v) is 12.1. The van der Waals surface area contributed by atoms with E-state index < -0.39 is 0 Å². The molecule has 0 radical (unpaired) electrons. The largest absolute Gasteiger partial charge is 0.309 e. The lowest BCUT2D eigenvalue weighted by Crippen LogP contribution is -2.10. The summed E-state index contributed by atoms with van der Waals surface area (Å²) in [6.07, 6.45) is 3.07. The summed E-state index contributed by atoms with van der Waals surface area (Å²) in [5.41, 5.74) is 18.8. The van der Waals surface area contributed by atoms with Crippen molar-refractivity contribution in [1.29, 1.82) is 0 Å². The van der Waals surface area contributed by atoms with E-state index in [0.717, 1.165) is 30.6 Å². The van der Waals surface area contributed by atoms with Crippen molar-refractivity contribution in [1.82, 2.24) is 0 Å². The van der Waals surface area contributed by atoms with Crippen LogP contribution in [-0.2, 0) is 12.8 Å². The van der Waals surface area contributed by atoms with Crippen molar-refractivity contribution in [3.05, 3.63) is 248 Å². The molecule has 0 unspecified atom stereocenters. The Labute approximate surface area is 395 Å². The molecule has 0 bridgehead atoms. The van der Waals surface area contributed by atoms with Gasteiger partial charge in [-0.05, 0) is 156 Å². The molecular formula is C65H45NS. The minimum atomic E-state index is 0.999. The zero-order valence-electron chi connectivity index (χ0n) is 37.0. The van der Waals surface area contributed by atoms with Crippen molar-refractivity contribution in [3.8, 4) is 55.6 Å². The van der Waals surface area contributed by atoms with Crippen LogP contribution in [0.5, 0.6) is 0 Å². The van der Waals surface area contributed by atoms with Gasteiger partial charge in [0.15, 0.2) is 0 Å². The number of hydrogen-bond donors (Lipinski definition) is 0. The Balaban J connectivity index is 0.966. The van der Waals surface area contributed by atoms with Crippen molar-refractivity contribution in [2.45, 2.75) is 19.3 Å². The molecule has 1 aliphatic rings. The zero-order valence-corrected chi connectivity index (χ0v) is 37.8. The van der Waals surface area contributed by atoms with E-state index in [9.17, 15) is 0 Å². The van der Waals surface area contributed by atoms with Crippen LogP contribution in [0.1, 0.15) is 17.5 Å². The summed E-state index contributed by atoms with van der Waals surface area (Å²) in [7, 11) is 0. The summed E-state index contributed by atoms with van der Waals surface area (Å²) in [6.45, 7) is 0. The lowest BCUT2D eigenvalue weighted by molar-refractivity contribution is 0.832. The highest BCUT2D eigenvalue weighted by Gasteiger charge is 2.22. The Morgan fingerprint density at radius 3 is 1.54 bits per heavy atom. The van der Waals surface area contributed by atoms with Crippen LogP contribution < -0.4 is 4.90 Å². The number of para-hydroxylation sites is 1. The Kier molecular flexibility index (Phi) is 9.65. The third kappa shape index (κ3) is 6.83. The highest BCUT2D eigenvalue weighted by Crippen LogP contribution is 2.47. The van der Waals surface area contributed by atoms with E-state index in [4.69, 9.17) is 0 Å². The molecule has 1 aromatic heterocycles. The van der Waals surface area contributed by atoms with Crippen molar-refractivity contribution >= 4 is 70.1 Å². The third-order valence-electron chi connectivity index (χ3n) is 14.0. The van der Waals surface area contributed by atoms with Gasteiger partial charge in [0, 0.05) is 26.8 Å². The summed E-state index contributed by atoms with van der Waals surface area (Å²) in [5, 5.41) is 7.89. The van der Waals surface area contributed by atoms with E-state index in [1.807, 2.05) is 11.3 Å². The van der Waals surface area contributed by atoms with Gasteiger partial charge in [-0.25, -0.2) is 0 Å². The molecule has 0 atom stereocenters. The fourth-order valence-electron chi connectivity index (χ4n) is 10.9. The maximum Gasteiger partial charge on any atom is 0.0640 e. The first-order valence-corrected chi connectivity index (χ1v) is 24.3. The van der Waals surface area contributed by atoms with Gasteiger partial charge in [-0.15, -0.1) is 11.3 Å². The van der Waals surface area contributed by atoms with E-state index in [1.165, 1.54) is 114 Å². The molecule has 0 saturated carbocycles. The topological polar surface area (TPSA) is 3.24 Å². The van der Waals surface area contributed by atoms with Gasteiger partial charge in [0.25, 0.3) is 0 Å². The first-order chi connectivity index (χ1) is 33.2. The highest BCUT2D eigenvalue weighted by molar-refractivity contribution is 7.26. The Bertz CT molecular complexity index is 3860. The molecule has 2 heteroatoms. The minimum absolute atomic E-state index is 0.999. The van der Waals surface area contributed by atoms with E-state index in [2.05, 4.69) is 241 Å². The molecule has 316 valence electrons. The smallest absolute Gasteiger partial charge is 0.0640 e. The normalized spacial score (nSPS) is 12.3. The number of thiophene rings is 1. The molecule has 1 aliphatic carbocycles. The van der Waals surface area contributed by atoms with Gasteiger partial charge in [-0.3, -0.25) is 0 Å². The van der Waals surface area contributed by atoms with E-state index >= 15 is 0 Å². The van der Waals surface area contributed by atoms with Crippen molar-refractivity contribution in [2.24, 2.45) is 0 Å². The lowest BCUT2D eigenvalue weighted by Gasteiger charge is -2.26. The van der Waals surface area contributed by atoms with Gasteiger partial charge in [-0.1, -0.05) is 188 Å². The van der Waals surface area contributed by atoms with Crippen LogP contribution in [0.15, 0.2) is 237 Å². The molecule has 0 spiro atoms. The van der Waals surface area contributed by atoms with Gasteiger partial charge < -0.3 is 4.90 Å². The third-order valence-corrected chi connectivity index (χ3v) is 15.2. The molecule has 11 aromatic carbocycles. The summed E-state index contributed by atoms with van der Waals surface area (Å²) in [4.78, 5) is 2.42. The number of rotatable bonds is 5. The molecule has 12 aromatic rings. The summed E-state index contributed by atoms with van der Waals surface area (Å²) >= 11 is 1.87. The Hall–Kier alpha value is -8.04. The van der Waals surface area contributed by atoms with E-state index in [1.54, 1.807) is 0 Å². The predicted molar refractivity (Wildman–Crippen MR) is 288 cm³/mol. The molecule has 0 amide bonds. The van der Waals surface area contributed by atoms with Crippen LogP contribution in [0.3, 0.4) is 0 Å². The average molecular weight is 872 g/mol. The number of aryl methyl sites for hydroxylation is 2. The van der Waals surface area contributed by atoms with Crippen molar-refractivity contribution in [3.63, 3.8) is 0 Å². The van der Waals surface area contributed by atoms with Gasteiger partial charge in [0.2, 0.25) is 0 Å². The van der Waals surface area contributed by atoms with Crippen LogP contribution >= 0.6 is 11.3 Å². The van der Waals surface area contributed by atoms with E-state index in [-0.39, 0.29) is 0 Å². The maximum absolute atomic E-state index is 2.46. The van der Waals surface area contributed by atoms with Gasteiger partial charge in [-0.2, -0.15) is 0 Å². The average Bonchev–Trinajstić information content (AvgIpc) is 3.78. The highest BCUT2D eigenvalue weighted by atomic mass is 32.1. The summed E-state index contributed by atoms with van der Waals surface area (Å²) in [6, 6.07) is 88.0. The second-order valence-electron chi connectivity index (χ2n) is 17.8. The Morgan fingerprint density at radius 2 is 0.821 bits per heavy atom. The molecule has 1 heterocycles. The molecule has 67 heavy (non-hydrogen) atoms. The van der Waals surface area contributed by atoms with Gasteiger partial charge in [0.1, 0.15) is 0 Å². The number of hydrogen-bond acceptors (Lipinski definition) is 2. The van der Waals surface area contributed by atoms with E-state index in [0.29, 0.717) is 0 Å². The second kappa shape index (κ2) is 16.4. The fraction of sp³-hybridized carbons (Fsp3) is 0.0462. The second-order valence-corrected chi connectivity index (χ2v) is 18.9. The molecule has 1 nitrogen and oxygen atoms in total. The lowest BCUT2D eigenvalue weighted by atomic mass is 9.84. The first-order valence-electron chi connectivity index (χ1n) is 23.5. The molecular weight excluding hydrogens is 827 g/mol. The maximum atomic E-state index is 2.46. The molecule has 0 aliphatic heterocycles. The standard InChI is InChI=1S/C65H45NS/c1-2-21-49(22-3-1)66(63-32-15-31-61-60-28-10-11-33-64(60)67-65(61)63)50-23-13-20-47(41-50)45-18-12-19-46(40-45)48-36-39-59-58-38-35-44-17-5-7-25-52(44)54(58)30-14-29-53-51-24-6-4-16-43(51)34-37-57(53)55-26-8-9-27-56(55)62(59)42-48/h1-13,15-28,31-42H,14,29-30H2. The molecule has 0 saturated heterocycles. The van der Waals surface area contributed by atoms with Crippen LogP contribution in [0, 0.1) is 0 Å². The predicted octanol–water partition coefficient (Wildman–Crippen LogP) is 18.7. The van der Waals surface area contributed by atoms with Crippen LogP contribution in [0.25, 0.3) is 97.4 Å². The number of nitrogens with zero attached hydrogens (tertiary/aromatic N) is 1. The van der Waals surface area contributed by atoms with Crippen molar-refractivity contribution < 1.29 is 0 Å². The minimum Gasteiger partial charge on any atom is -0.309 e. The quantitative estimate of drug-likeness (QED) is 0.167. The summed E-state index contributed by atoms with van der Waals surface area (Å²) < 4.78 is 2.59. The monoisotopic (exact) mass is 871 g/mol. The first kappa shape index (κ1) is 39.3. The van der Waals surface area contributed by atoms with Crippen LogP contribution in [0.2, 0.25) is 0 Å². The molecule has 0 fully saturated rings. The zero-order chi connectivity index (χ0) is 44.3. The molecule has 0 N–H and O–H groups in total. The molecule has 13 rings (SSSR count). The number of anilines is 3. The SMILES string of the molecule is c1ccc(N(c2cccc(-c3cccc(-c4ccc5c(c4)-c4ccccc4-c4ccc6ccccc6c4CCCc4c-5ccc5ccccc45)c3)c2)c2cccc3c2sc2ccccc23)cc1. The number of benzene rings is 11.